The average Bonchev–Trinajstić information content (AvgIpc) is 2.36. The molecule has 0 aliphatic rings. The van der Waals surface area contributed by atoms with Gasteiger partial charge in [-0.1, -0.05) is 19.1 Å². The van der Waals surface area contributed by atoms with Gasteiger partial charge in [0, 0.05) is 23.3 Å². The van der Waals surface area contributed by atoms with Gasteiger partial charge >= 0.3 is 0 Å². The average molecular weight is 269 g/mol. The zero-order valence-electron chi connectivity index (χ0n) is 11.2. The van der Waals surface area contributed by atoms with E-state index in [-0.39, 0.29) is 12.6 Å². The first-order valence-corrected chi connectivity index (χ1v) is 7.78. The molecule has 2 unspecified atom stereocenters. The molecule has 2 N–H and O–H groups in total. The number of hydrogen-bond donors (Lipinski definition) is 2. The van der Waals surface area contributed by atoms with Crippen LogP contribution in [0.2, 0.25) is 0 Å². The maximum Gasteiger partial charge on any atom is 0.0545 e. The molecule has 0 saturated heterocycles. The van der Waals surface area contributed by atoms with Crippen molar-refractivity contribution in [3.63, 3.8) is 0 Å². The molecule has 102 valence electrons. The van der Waals surface area contributed by atoms with Crippen LogP contribution in [-0.2, 0) is 10.8 Å². The Balaban J connectivity index is 2.59. The molecule has 0 spiro atoms. The quantitative estimate of drug-likeness (QED) is 0.757. The van der Waals surface area contributed by atoms with Crippen molar-refractivity contribution < 1.29 is 9.32 Å². The SMILES string of the molecule is CCCNC(CCO)CS(=O)c1cccc(C)c1. The van der Waals surface area contributed by atoms with Crippen LogP contribution in [0.3, 0.4) is 0 Å². The molecule has 1 aromatic carbocycles. The molecule has 1 aromatic rings. The summed E-state index contributed by atoms with van der Waals surface area (Å²) in [5.41, 5.74) is 1.13. The van der Waals surface area contributed by atoms with E-state index in [2.05, 4.69) is 12.2 Å². The van der Waals surface area contributed by atoms with Gasteiger partial charge in [-0.05, 0) is 44.0 Å². The third-order valence-electron chi connectivity index (χ3n) is 2.77. The van der Waals surface area contributed by atoms with Gasteiger partial charge in [-0.2, -0.15) is 0 Å². The fraction of sp³-hybridized carbons (Fsp3) is 0.571. The lowest BCUT2D eigenvalue weighted by atomic mass is 10.2. The van der Waals surface area contributed by atoms with Gasteiger partial charge in [-0.15, -0.1) is 0 Å². The van der Waals surface area contributed by atoms with E-state index in [1.54, 1.807) is 0 Å². The Morgan fingerprint density at radius 3 is 2.83 bits per heavy atom. The first kappa shape index (κ1) is 15.3. The van der Waals surface area contributed by atoms with Crippen LogP contribution >= 0.6 is 0 Å². The minimum atomic E-state index is -1.00. The minimum Gasteiger partial charge on any atom is -0.396 e. The van der Waals surface area contributed by atoms with E-state index in [1.807, 2.05) is 31.2 Å². The number of hydrogen-bond acceptors (Lipinski definition) is 3. The van der Waals surface area contributed by atoms with Gasteiger partial charge in [-0.3, -0.25) is 4.21 Å². The van der Waals surface area contributed by atoms with Crippen LogP contribution in [0.5, 0.6) is 0 Å². The molecule has 0 heterocycles. The predicted molar refractivity (Wildman–Crippen MR) is 76.2 cm³/mol. The third kappa shape index (κ3) is 5.29. The summed E-state index contributed by atoms with van der Waals surface area (Å²) >= 11 is 0. The molecule has 4 heteroatoms. The zero-order chi connectivity index (χ0) is 13.4. The summed E-state index contributed by atoms with van der Waals surface area (Å²) in [6.07, 6.45) is 1.69. The van der Waals surface area contributed by atoms with Crippen molar-refractivity contribution in [1.82, 2.24) is 5.32 Å². The second kappa shape index (κ2) is 8.40. The Kier molecular flexibility index (Phi) is 7.16. The number of rotatable bonds is 8. The molecular weight excluding hydrogens is 246 g/mol. The molecule has 0 aliphatic carbocycles. The van der Waals surface area contributed by atoms with Gasteiger partial charge in [-0.25, -0.2) is 0 Å². The molecular formula is C14H23NO2S. The van der Waals surface area contributed by atoms with Crippen LogP contribution in [0, 0.1) is 6.92 Å². The van der Waals surface area contributed by atoms with Gasteiger partial charge in [0.15, 0.2) is 0 Å². The first-order chi connectivity index (χ1) is 8.67. The predicted octanol–water partition coefficient (Wildman–Crippen LogP) is 1.85. The molecule has 0 bridgehead atoms. The third-order valence-corrected chi connectivity index (χ3v) is 4.25. The highest BCUT2D eigenvalue weighted by molar-refractivity contribution is 7.85. The molecule has 2 atom stereocenters. The van der Waals surface area contributed by atoms with E-state index in [9.17, 15) is 4.21 Å². The summed E-state index contributed by atoms with van der Waals surface area (Å²) in [6, 6.07) is 7.92. The Morgan fingerprint density at radius 1 is 1.44 bits per heavy atom. The van der Waals surface area contributed by atoms with Gasteiger partial charge in [0.1, 0.15) is 0 Å². The molecule has 0 saturated carbocycles. The van der Waals surface area contributed by atoms with Crippen molar-refractivity contribution in [2.45, 2.75) is 37.6 Å². The lowest BCUT2D eigenvalue weighted by Gasteiger charge is -2.17. The van der Waals surface area contributed by atoms with Crippen molar-refractivity contribution in [3.05, 3.63) is 29.8 Å². The Morgan fingerprint density at radius 2 is 2.22 bits per heavy atom. The summed E-state index contributed by atoms with van der Waals surface area (Å²) in [5.74, 6) is 0.560. The van der Waals surface area contributed by atoms with E-state index in [1.165, 1.54) is 0 Å². The minimum absolute atomic E-state index is 0.122. The highest BCUT2D eigenvalue weighted by atomic mass is 32.2. The van der Waals surface area contributed by atoms with Crippen LogP contribution in [0.1, 0.15) is 25.3 Å². The Labute approximate surface area is 112 Å². The molecule has 3 nitrogen and oxygen atoms in total. The summed E-state index contributed by atoms with van der Waals surface area (Å²) < 4.78 is 12.2. The van der Waals surface area contributed by atoms with E-state index >= 15 is 0 Å². The maximum atomic E-state index is 12.2. The Bertz CT molecular complexity index is 382. The standard InChI is InChI=1S/C14H23NO2S/c1-3-8-15-13(7-9-16)11-18(17)14-6-4-5-12(2)10-14/h4-6,10,13,15-16H,3,7-9,11H2,1-2H3. The molecule has 0 aliphatic heterocycles. The van der Waals surface area contributed by atoms with Gasteiger partial charge in [0.25, 0.3) is 0 Å². The fourth-order valence-corrected chi connectivity index (χ4v) is 3.17. The summed E-state index contributed by atoms with van der Waals surface area (Å²) in [4.78, 5) is 0.872. The van der Waals surface area contributed by atoms with E-state index < -0.39 is 10.8 Å². The van der Waals surface area contributed by atoms with Crippen molar-refractivity contribution >= 4 is 10.8 Å². The van der Waals surface area contributed by atoms with Gasteiger partial charge < -0.3 is 10.4 Å². The maximum absolute atomic E-state index is 12.2. The fourth-order valence-electron chi connectivity index (χ4n) is 1.78. The lowest BCUT2D eigenvalue weighted by Crippen LogP contribution is -2.35. The summed E-state index contributed by atoms with van der Waals surface area (Å²) in [6.45, 7) is 5.13. The molecule has 1 rings (SSSR count). The number of nitrogens with one attached hydrogen (secondary N) is 1. The van der Waals surface area contributed by atoms with Crippen LogP contribution in [0.25, 0.3) is 0 Å². The lowest BCUT2D eigenvalue weighted by molar-refractivity contribution is 0.270. The summed E-state index contributed by atoms with van der Waals surface area (Å²) in [5, 5.41) is 12.4. The highest BCUT2D eigenvalue weighted by Crippen LogP contribution is 2.11. The topological polar surface area (TPSA) is 49.3 Å². The monoisotopic (exact) mass is 269 g/mol. The molecule has 0 aromatic heterocycles. The number of aryl methyl sites for hydroxylation is 1. The first-order valence-electron chi connectivity index (χ1n) is 6.46. The van der Waals surface area contributed by atoms with Crippen LogP contribution in [-0.4, -0.2) is 34.3 Å². The van der Waals surface area contributed by atoms with Crippen LogP contribution < -0.4 is 5.32 Å². The van der Waals surface area contributed by atoms with Crippen molar-refractivity contribution in [2.24, 2.45) is 0 Å². The molecule has 0 radical (unpaired) electrons. The van der Waals surface area contributed by atoms with Gasteiger partial charge in [0.05, 0.1) is 10.8 Å². The smallest absolute Gasteiger partial charge is 0.0545 e. The van der Waals surface area contributed by atoms with E-state index in [0.717, 1.165) is 23.4 Å². The van der Waals surface area contributed by atoms with E-state index in [4.69, 9.17) is 5.11 Å². The van der Waals surface area contributed by atoms with Crippen molar-refractivity contribution in [2.75, 3.05) is 18.9 Å². The summed E-state index contributed by atoms with van der Waals surface area (Å²) in [7, 11) is -1.00. The molecule has 18 heavy (non-hydrogen) atoms. The van der Waals surface area contributed by atoms with E-state index in [0.29, 0.717) is 12.2 Å². The van der Waals surface area contributed by atoms with Crippen LogP contribution in [0.4, 0.5) is 0 Å². The second-order valence-corrected chi connectivity index (χ2v) is 5.99. The Hall–Kier alpha value is -0.710. The highest BCUT2D eigenvalue weighted by Gasteiger charge is 2.13. The number of aliphatic hydroxyl groups excluding tert-OH is 1. The normalized spacial score (nSPS) is 14.4. The second-order valence-electron chi connectivity index (χ2n) is 4.49. The zero-order valence-corrected chi connectivity index (χ0v) is 12.0. The van der Waals surface area contributed by atoms with Crippen molar-refractivity contribution in [1.29, 1.82) is 0 Å². The van der Waals surface area contributed by atoms with Crippen molar-refractivity contribution in [3.8, 4) is 0 Å². The van der Waals surface area contributed by atoms with Crippen LogP contribution in [0.15, 0.2) is 29.2 Å². The number of aliphatic hydroxyl groups is 1. The van der Waals surface area contributed by atoms with Gasteiger partial charge in [0.2, 0.25) is 0 Å². The largest absolute Gasteiger partial charge is 0.396 e. The molecule has 0 amide bonds. The number of benzene rings is 1. The molecule has 0 fully saturated rings.